The quantitative estimate of drug-likeness (QED) is 0.606. The predicted molar refractivity (Wildman–Crippen MR) is 51.0 cm³/mol. The molecule has 1 rings (SSSR count). The molecule has 0 bridgehead atoms. The summed E-state index contributed by atoms with van der Waals surface area (Å²) < 4.78 is 0. The third kappa shape index (κ3) is 4.11. The van der Waals surface area contributed by atoms with Crippen LogP contribution in [0.5, 0.6) is 0 Å². The van der Waals surface area contributed by atoms with E-state index in [2.05, 4.69) is 10.6 Å². The summed E-state index contributed by atoms with van der Waals surface area (Å²) in [5.74, 6) is -0.255. The molecule has 14 heavy (non-hydrogen) atoms. The summed E-state index contributed by atoms with van der Waals surface area (Å²) in [6, 6.07) is -1.24. The molecule has 0 radical (unpaired) electrons. The van der Waals surface area contributed by atoms with Crippen molar-refractivity contribution in [3.8, 4) is 0 Å². The first-order chi connectivity index (χ1) is 6.59. The first-order valence-electron chi connectivity index (χ1n) is 4.86. The Bertz CT molecular complexity index is 226. The zero-order chi connectivity index (χ0) is 10.6. The standard InChI is InChI=1S/C9H16N2O3/c1-6(8(12)13)11-9(14)10-5-4-7-2-3-7/h6-7H,2-5H2,1H3,(H,12,13)(H2,10,11,14)/t6-/m1/s1. The van der Waals surface area contributed by atoms with Gasteiger partial charge in [0.2, 0.25) is 0 Å². The van der Waals surface area contributed by atoms with Crippen LogP contribution in [0.1, 0.15) is 26.2 Å². The van der Waals surface area contributed by atoms with Crippen molar-refractivity contribution in [1.82, 2.24) is 10.6 Å². The highest BCUT2D eigenvalue weighted by molar-refractivity contribution is 5.82. The molecule has 1 aliphatic carbocycles. The van der Waals surface area contributed by atoms with Gasteiger partial charge in [-0.15, -0.1) is 0 Å². The van der Waals surface area contributed by atoms with Crippen molar-refractivity contribution in [2.75, 3.05) is 6.54 Å². The first kappa shape index (κ1) is 10.8. The minimum Gasteiger partial charge on any atom is -0.480 e. The Balaban J connectivity index is 2.05. The van der Waals surface area contributed by atoms with Crippen LogP contribution >= 0.6 is 0 Å². The molecule has 0 aromatic rings. The number of hydrogen-bond acceptors (Lipinski definition) is 2. The molecule has 3 N–H and O–H groups in total. The van der Waals surface area contributed by atoms with E-state index >= 15 is 0 Å². The fraction of sp³-hybridized carbons (Fsp3) is 0.778. The zero-order valence-electron chi connectivity index (χ0n) is 8.25. The van der Waals surface area contributed by atoms with E-state index in [0.29, 0.717) is 6.54 Å². The van der Waals surface area contributed by atoms with Gasteiger partial charge in [-0.05, 0) is 19.3 Å². The SMILES string of the molecule is C[C@@H](NC(=O)NCCC1CC1)C(=O)O. The number of carboxylic acids is 1. The smallest absolute Gasteiger partial charge is 0.325 e. The van der Waals surface area contributed by atoms with Crippen LogP contribution in [0, 0.1) is 5.92 Å². The van der Waals surface area contributed by atoms with Crippen LogP contribution in [-0.4, -0.2) is 29.7 Å². The molecule has 0 aliphatic heterocycles. The van der Waals surface area contributed by atoms with E-state index in [1.54, 1.807) is 0 Å². The van der Waals surface area contributed by atoms with Gasteiger partial charge in [0, 0.05) is 6.54 Å². The number of carbonyl (C=O) groups is 2. The molecule has 0 aromatic heterocycles. The summed E-state index contributed by atoms with van der Waals surface area (Å²) in [4.78, 5) is 21.5. The number of rotatable bonds is 5. The number of hydrogen-bond donors (Lipinski definition) is 3. The Morgan fingerprint density at radius 3 is 2.64 bits per heavy atom. The maximum atomic E-state index is 11.1. The third-order valence-electron chi connectivity index (χ3n) is 2.25. The average molecular weight is 200 g/mol. The Morgan fingerprint density at radius 1 is 1.50 bits per heavy atom. The normalized spacial score (nSPS) is 17.2. The van der Waals surface area contributed by atoms with Gasteiger partial charge in [-0.25, -0.2) is 4.79 Å². The van der Waals surface area contributed by atoms with E-state index in [0.717, 1.165) is 12.3 Å². The first-order valence-corrected chi connectivity index (χ1v) is 4.86. The molecule has 0 aromatic carbocycles. The van der Waals surface area contributed by atoms with E-state index in [1.165, 1.54) is 19.8 Å². The summed E-state index contributed by atoms with van der Waals surface area (Å²) in [6.45, 7) is 2.06. The predicted octanol–water partition coefficient (Wildman–Crippen LogP) is 0.559. The lowest BCUT2D eigenvalue weighted by Crippen LogP contribution is -2.44. The van der Waals surface area contributed by atoms with Crippen molar-refractivity contribution in [2.24, 2.45) is 5.92 Å². The van der Waals surface area contributed by atoms with E-state index in [1.807, 2.05) is 0 Å². The Morgan fingerprint density at radius 2 is 2.14 bits per heavy atom. The molecule has 1 saturated carbocycles. The Hall–Kier alpha value is -1.26. The summed E-state index contributed by atoms with van der Waals surface area (Å²) in [6.07, 6.45) is 3.51. The number of amides is 2. The molecule has 0 saturated heterocycles. The van der Waals surface area contributed by atoms with Crippen LogP contribution in [0.25, 0.3) is 0 Å². The van der Waals surface area contributed by atoms with Crippen molar-refractivity contribution < 1.29 is 14.7 Å². The lowest BCUT2D eigenvalue weighted by atomic mass is 10.3. The maximum absolute atomic E-state index is 11.1. The number of carboxylic acid groups (broad SMARTS) is 1. The zero-order valence-corrected chi connectivity index (χ0v) is 8.25. The van der Waals surface area contributed by atoms with Crippen molar-refractivity contribution in [3.05, 3.63) is 0 Å². The van der Waals surface area contributed by atoms with Gasteiger partial charge in [0.05, 0.1) is 0 Å². The summed E-state index contributed by atoms with van der Waals surface area (Å²) >= 11 is 0. The number of urea groups is 1. The molecule has 5 heteroatoms. The number of aliphatic carboxylic acids is 1. The molecule has 0 spiro atoms. The minimum atomic E-state index is -1.03. The van der Waals surface area contributed by atoms with E-state index in [4.69, 9.17) is 5.11 Å². The largest absolute Gasteiger partial charge is 0.480 e. The minimum absolute atomic E-state index is 0.402. The van der Waals surface area contributed by atoms with Crippen molar-refractivity contribution in [2.45, 2.75) is 32.2 Å². The molecule has 1 fully saturated rings. The van der Waals surface area contributed by atoms with Crippen LogP contribution in [0.4, 0.5) is 4.79 Å². The third-order valence-corrected chi connectivity index (χ3v) is 2.25. The van der Waals surface area contributed by atoms with Crippen molar-refractivity contribution in [3.63, 3.8) is 0 Å². The summed E-state index contributed by atoms with van der Waals surface area (Å²) in [5.41, 5.74) is 0. The Kier molecular flexibility index (Phi) is 3.73. The van der Waals surface area contributed by atoms with Crippen LogP contribution in [0.3, 0.4) is 0 Å². The molecule has 1 atom stereocenters. The highest BCUT2D eigenvalue weighted by Gasteiger charge is 2.21. The Labute approximate surface area is 82.9 Å². The highest BCUT2D eigenvalue weighted by atomic mass is 16.4. The van der Waals surface area contributed by atoms with Gasteiger partial charge in [0.25, 0.3) is 0 Å². The molecule has 1 aliphatic rings. The lowest BCUT2D eigenvalue weighted by Gasteiger charge is -2.10. The molecule has 5 nitrogen and oxygen atoms in total. The second-order valence-corrected chi connectivity index (χ2v) is 3.69. The van der Waals surface area contributed by atoms with E-state index in [9.17, 15) is 9.59 Å². The maximum Gasteiger partial charge on any atom is 0.325 e. The molecule has 0 unspecified atom stereocenters. The topological polar surface area (TPSA) is 78.4 Å². The van der Waals surface area contributed by atoms with Gasteiger partial charge in [-0.3, -0.25) is 4.79 Å². The van der Waals surface area contributed by atoms with Crippen LogP contribution in [-0.2, 0) is 4.79 Å². The average Bonchev–Trinajstić information content (AvgIpc) is 2.87. The van der Waals surface area contributed by atoms with Crippen LogP contribution in [0.2, 0.25) is 0 Å². The van der Waals surface area contributed by atoms with Crippen molar-refractivity contribution >= 4 is 12.0 Å². The molecule has 80 valence electrons. The van der Waals surface area contributed by atoms with Gasteiger partial charge in [-0.1, -0.05) is 12.8 Å². The van der Waals surface area contributed by atoms with Gasteiger partial charge < -0.3 is 15.7 Å². The van der Waals surface area contributed by atoms with Gasteiger partial charge in [0.15, 0.2) is 0 Å². The monoisotopic (exact) mass is 200 g/mol. The van der Waals surface area contributed by atoms with Gasteiger partial charge >= 0.3 is 12.0 Å². The van der Waals surface area contributed by atoms with Gasteiger partial charge in [-0.2, -0.15) is 0 Å². The molecule has 0 heterocycles. The molecule has 2 amide bonds. The lowest BCUT2D eigenvalue weighted by molar-refractivity contribution is -0.138. The number of carbonyl (C=O) groups excluding carboxylic acids is 1. The molecular weight excluding hydrogens is 184 g/mol. The molecular formula is C9H16N2O3. The van der Waals surface area contributed by atoms with E-state index in [-0.39, 0.29) is 0 Å². The van der Waals surface area contributed by atoms with Gasteiger partial charge in [0.1, 0.15) is 6.04 Å². The summed E-state index contributed by atoms with van der Waals surface area (Å²) in [5, 5.41) is 13.5. The second kappa shape index (κ2) is 4.83. The fourth-order valence-corrected chi connectivity index (χ4v) is 1.11. The van der Waals surface area contributed by atoms with Crippen LogP contribution < -0.4 is 10.6 Å². The fourth-order valence-electron chi connectivity index (χ4n) is 1.11. The second-order valence-electron chi connectivity index (χ2n) is 3.69. The number of nitrogens with one attached hydrogen (secondary N) is 2. The summed E-state index contributed by atoms with van der Waals surface area (Å²) in [7, 11) is 0. The highest BCUT2D eigenvalue weighted by Crippen LogP contribution is 2.31. The van der Waals surface area contributed by atoms with E-state index < -0.39 is 18.0 Å². The van der Waals surface area contributed by atoms with Crippen molar-refractivity contribution in [1.29, 1.82) is 0 Å². The van der Waals surface area contributed by atoms with Crippen LogP contribution in [0.15, 0.2) is 0 Å².